The molecule has 29 heavy (non-hydrogen) atoms. The summed E-state index contributed by atoms with van der Waals surface area (Å²) in [6.45, 7) is 8.09. The second-order valence-electron chi connectivity index (χ2n) is 6.45. The van der Waals surface area contributed by atoms with Gasteiger partial charge in [-0.1, -0.05) is 13.0 Å². The first-order valence-electron chi connectivity index (χ1n) is 9.78. The number of nitrogens with one attached hydrogen (secondary N) is 2. The Morgan fingerprint density at radius 2 is 1.97 bits per heavy atom. The highest BCUT2D eigenvalue weighted by Crippen LogP contribution is 2.13. The SMILES string of the molecule is CCNCCNC(=O)c1cccc(OCC(N)OCCOCC(=O)OC(C)C)c1. The highest BCUT2D eigenvalue weighted by molar-refractivity contribution is 5.94. The molecule has 0 saturated carbocycles. The fraction of sp³-hybridized carbons (Fsp3) is 0.600. The minimum absolute atomic E-state index is 0.112. The van der Waals surface area contributed by atoms with E-state index in [1.54, 1.807) is 38.1 Å². The van der Waals surface area contributed by atoms with Gasteiger partial charge in [0.05, 0.1) is 19.3 Å². The predicted octanol–water partition coefficient (Wildman–Crippen LogP) is 0.674. The van der Waals surface area contributed by atoms with Crippen LogP contribution in [-0.2, 0) is 19.0 Å². The Bertz CT molecular complexity index is 612. The number of hydrogen-bond donors (Lipinski definition) is 3. The molecule has 0 heterocycles. The van der Waals surface area contributed by atoms with Crippen LogP contribution in [0.2, 0.25) is 0 Å². The van der Waals surface area contributed by atoms with Gasteiger partial charge >= 0.3 is 5.97 Å². The molecule has 4 N–H and O–H groups in total. The zero-order chi connectivity index (χ0) is 21.5. The van der Waals surface area contributed by atoms with E-state index in [1.165, 1.54) is 0 Å². The lowest BCUT2D eigenvalue weighted by Crippen LogP contribution is -2.32. The first kappa shape index (κ1) is 24.8. The van der Waals surface area contributed by atoms with Crippen molar-refractivity contribution in [3.63, 3.8) is 0 Å². The summed E-state index contributed by atoms with van der Waals surface area (Å²) in [5, 5.41) is 5.97. The number of nitrogens with two attached hydrogens (primary N) is 1. The van der Waals surface area contributed by atoms with Crippen LogP contribution in [0.4, 0.5) is 0 Å². The Kier molecular flexibility index (Phi) is 12.6. The van der Waals surface area contributed by atoms with E-state index in [-0.39, 0.29) is 38.4 Å². The second-order valence-corrected chi connectivity index (χ2v) is 6.45. The van der Waals surface area contributed by atoms with E-state index in [2.05, 4.69) is 10.6 Å². The van der Waals surface area contributed by atoms with Crippen molar-refractivity contribution in [3.8, 4) is 5.75 Å². The topological polar surface area (TPSA) is 121 Å². The van der Waals surface area contributed by atoms with Crippen LogP contribution < -0.4 is 21.1 Å². The summed E-state index contributed by atoms with van der Waals surface area (Å²) in [5.74, 6) is -0.0590. The molecule has 0 aromatic heterocycles. The summed E-state index contributed by atoms with van der Waals surface area (Å²) in [4.78, 5) is 23.4. The molecule has 1 amide bonds. The van der Waals surface area contributed by atoms with Crippen LogP contribution in [0.15, 0.2) is 24.3 Å². The standard InChI is InChI=1S/C20H33N3O6/c1-4-22-8-9-23-20(25)16-6-5-7-17(12-16)28-13-18(21)27-11-10-26-14-19(24)29-15(2)3/h5-7,12,15,18,22H,4,8-11,13-14,21H2,1-3H3,(H,23,25). The van der Waals surface area contributed by atoms with Gasteiger partial charge in [0.25, 0.3) is 5.91 Å². The molecule has 0 aliphatic rings. The molecule has 1 rings (SSSR count). The Balaban J connectivity index is 2.24. The molecule has 9 heteroatoms. The van der Waals surface area contributed by atoms with Crippen molar-refractivity contribution in [2.75, 3.05) is 46.1 Å². The van der Waals surface area contributed by atoms with Gasteiger partial charge in [0.1, 0.15) is 25.2 Å². The molecule has 164 valence electrons. The fourth-order valence-corrected chi connectivity index (χ4v) is 2.21. The molecule has 1 atom stereocenters. The predicted molar refractivity (Wildman–Crippen MR) is 109 cm³/mol. The van der Waals surface area contributed by atoms with Gasteiger partial charge in [-0.05, 0) is 38.6 Å². The largest absolute Gasteiger partial charge is 0.489 e. The molecule has 1 aromatic rings. The summed E-state index contributed by atoms with van der Waals surface area (Å²) in [6, 6.07) is 6.85. The van der Waals surface area contributed by atoms with Crippen LogP contribution in [0, 0.1) is 0 Å². The van der Waals surface area contributed by atoms with Gasteiger partial charge < -0.3 is 35.3 Å². The van der Waals surface area contributed by atoms with Gasteiger partial charge in [0, 0.05) is 18.7 Å². The number of rotatable bonds is 15. The Morgan fingerprint density at radius 1 is 1.17 bits per heavy atom. The number of carbonyl (C=O) groups is 2. The average molecular weight is 411 g/mol. The number of carbonyl (C=O) groups excluding carboxylic acids is 2. The summed E-state index contributed by atoms with van der Waals surface area (Å²) in [6.07, 6.45) is -0.839. The van der Waals surface area contributed by atoms with Gasteiger partial charge in [-0.25, -0.2) is 4.79 Å². The number of likely N-dealkylation sites (N-methyl/N-ethyl adjacent to an activating group) is 1. The molecule has 0 aliphatic carbocycles. The highest BCUT2D eigenvalue weighted by Gasteiger charge is 2.09. The number of esters is 1. The molecule has 0 spiro atoms. The monoisotopic (exact) mass is 411 g/mol. The average Bonchev–Trinajstić information content (AvgIpc) is 2.69. The fourth-order valence-electron chi connectivity index (χ4n) is 2.21. The van der Waals surface area contributed by atoms with E-state index in [0.29, 0.717) is 24.4 Å². The van der Waals surface area contributed by atoms with Crippen LogP contribution in [0.1, 0.15) is 31.1 Å². The van der Waals surface area contributed by atoms with Crippen LogP contribution >= 0.6 is 0 Å². The van der Waals surface area contributed by atoms with Gasteiger partial charge in [0.15, 0.2) is 0 Å². The van der Waals surface area contributed by atoms with E-state index in [0.717, 1.165) is 6.54 Å². The molecular formula is C20H33N3O6. The van der Waals surface area contributed by atoms with Crippen molar-refractivity contribution in [1.82, 2.24) is 10.6 Å². The second kappa shape index (κ2) is 14.7. The smallest absolute Gasteiger partial charge is 0.332 e. The summed E-state index contributed by atoms with van der Waals surface area (Å²) < 4.78 is 21.1. The van der Waals surface area contributed by atoms with E-state index < -0.39 is 12.2 Å². The van der Waals surface area contributed by atoms with E-state index >= 15 is 0 Å². The summed E-state index contributed by atoms with van der Waals surface area (Å²) in [7, 11) is 0. The van der Waals surface area contributed by atoms with E-state index in [9.17, 15) is 9.59 Å². The van der Waals surface area contributed by atoms with Crippen molar-refractivity contribution in [2.45, 2.75) is 33.1 Å². The lowest BCUT2D eigenvalue weighted by Gasteiger charge is -2.15. The highest BCUT2D eigenvalue weighted by atomic mass is 16.6. The van der Waals surface area contributed by atoms with Crippen molar-refractivity contribution >= 4 is 11.9 Å². The molecule has 1 aromatic carbocycles. The molecular weight excluding hydrogens is 378 g/mol. The van der Waals surface area contributed by atoms with Gasteiger partial charge in [-0.15, -0.1) is 0 Å². The first-order valence-corrected chi connectivity index (χ1v) is 9.78. The lowest BCUT2D eigenvalue weighted by molar-refractivity contribution is -0.153. The normalized spacial score (nSPS) is 11.9. The molecule has 1 unspecified atom stereocenters. The van der Waals surface area contributed by atoms with Crippen molar-refractivity contribution in [1.29, 1.82) is 0 Å². The van der Waals surface area contributed by atoms with Crippen molar-refractivity contribution < 1.29 is 28.5 Å². The third-order valence-electron chi connectivity index (χ3n) is 3.49. The minimum Gasteiger partial charge on any atom is -0.489 e. The maximum atomic E-state index is 12.1. The first-order chi connectivity index (χ1) is 13.9. The number of hydrogen-bond acceptors (Lipinski definition) is 8. The molecule has 0 saturated heterocycles. The minimum atomic E-state index is -0.668. The Hall–Kier alpha value is -2.20. The third-order valence-corrected chi connectivity index (χ3v) is 3.49. The zero-order valence-electron chi connectivity index (χ0n) is 17.4. The third kappa shape index (κ3) is 12.1. The zero-order valence-corrected chi connectivity index (χ0v) is 17.4. The molecule has 9 nitrogen and oxygen atoms in total. The number of benzene rings is 1. The maximum absolute atomic E-state index is 12.1. The number of amides is 1. The number of ether oxygens (including phenoxy) is 4. The van der Waals surface area contributed by atoms with Crippen LogP contribution in [0.3, 0.4) is 0 Å². The van der Waals surface area contributed by atoms with Gasteiger partial charge in [-0.2, -0.15) is 0 Å². The van der Waals surface area contributed by atoms with Crippen molar-refractivity contribution in [3.05, 3.63) is 29.8 Å². The van der Waals surface area contributed by atoms with E-state index in [1.807, 2.05) is 6.92 Å². The molecule has 0 aliphatic heterocycles. The van der Waals surface area contributed by atoms with Gasteiger partial charge in [0.2, 0.25) is 0 Å². The lowest BCUT2D eigenvalue weighted by atomic mass is 10.2. The maximum Gasteiger partial charge on any atom is 0.332 e. The summed E-state index contributed by atoms with van der Waals surface area (Å²) in [5.41, 5.74) is 6.35. The van der Waals surface area contributed by atoms with Crippen LogP contribution in [0.5, 0.6) is 5.75 Å². The summed E-state index contributed by atoms with van der Waals surface area (Å²) >= 11 is 0. The molecule has 0 fully saturated rings. The molecule has 0 radical (unpaired) electrons. The van der Waals surface area contributed by atoms with E-state index in [4.69, 9.17) is 24.7 Å². The van der Waals surface area contributed by atoms with Crippen LogP contribution in [0.25, 0.3) is 0 Å². The molecule has 0 bridgehead atoms. The Morgan fingerprint density at radius 3 is 2.69 bits per heavy atom. The quantitative estimate of drug-likeness (QED) is 0.219. The Labute approximate surface area is 172 Å². The van der Waals surface area contributed by atoms with Crippen molar-refractivity contribution in [2.24, 2.45) is 5.73 Å². The van der Waals surface area contributed by atoms with Crippen LogP contribution in [-0.4, -0.2) is 70.3 Å². The van der Waals surface area contributed by atoms with Gasteiger partial charge in [-0.3, -0.25) is 4.79 Å².